The maximum absolute atomic E-state index is 12.1. The van der Waals surface area contributed by atoms with Crippen molar-refractivity contribution in [3.05, 3.63) is 0 Å². The highest BCUT2D eigenvalue weighted by Gasteiger charge is 2.62. The topological polar surface area (TPSA) is 263 Å². The van der Waals surface area contributed by atoms with Crippen molar-refractivity contribution in [3.63, 3.8) is 0 Å². The number of aliphatic carboxylic acids is 2. The Bertz CT molecular complexity index is 1020. The van der Waals surface area contributed by atoms with E-state index in [0.717, 1.165) is 0 Å². The minimum absolute atomic E-state index is 0.0158. The number of rotatable bonds is 8. The summed E-state index contributed by atoms with van der Waals surface area (Å²) in [6, 6.07) is 0. The van der Waals surface area contributed by atoms with Gasteiger partial charge < -0.3 is 64.5 Å². The maximum atomic E-state index is 12.1. The molecule has 0 aromatic rings. The number of carbonyl (C=O) groups is 3. The van der Waals surface area contributed by atoms with Gasteiger partial charge in [-0.3, -0.25) is 9.59 Å². The standard InChI is InChI=1S/C27H40O16/c28-10-4-14-20-11(6-16(40-14)26(37)38)25(24(41-15(20)5-10)9-1-2-12(29)13(30)3-9)43-27-23(36)22(35)21(34)17(42-27)8-39-19(33)7-18(31)32/h9-17,20-25,27-30,34-36H,1-8H2,(H,31,32)(H,37,38)/p+1/t9?,10?,11?,12?,13?,14?,15?,16?,17-,20?,21-,22+,23-,24?,25?,27+/m1/s1. The van der Waals surface area contributed by atoms with E-state index in [2.05, 4.69) is 0 Å². The zero-order chi connectivity index (χ0) is 31.2. The zero-order valence-electron chi connectivity index (χ0n) is 23.3. The average Bonchev–Trinajstić information content (AvgIpc) is 2.94. The normalized spacial score (nSPS) is 48.1. The number of hydrogen-bond donors (Lipinski definition) is 8. The molecule has 0 spiro atoms. The minimum Gasteiger partial charge on any atom is -0.481 e. The molecule has 11 unspecified atom stereocenters. The third kappa shape index (κ3) is 6.83. The van der Waals surface area contributed by atoms with Crippen LogP contribution in [0.25, 0.3) is 0 Å². The molecule has 9 N–H and O–H groups in total. The first-order chi connectivity index (χ1) is 20.3. The third-order valence-electron chi connectivity index (χ3n) is 9.58. The highest BCUT2D eigenvalue weighted by atomic mass is 16.7. The average molecular weight is 622 g/mol. The van der Waals surface area contributed by atoms with E-state index in [9.17, 15) is 50.1 Å². The second-order valence-corrected chi connectivity index (χ2v) is 12.4. The van der Waals surface area contributed by atoms with Gasteiger partial charge in [-0.2, -0.15) is 0 Å². The molecule has 5 rings (SSSR count). The summed E-state index contributed by atoms with van der Waals surface area (Å²) in [5, 5.41) is 81.8. The first kappa shape index (κ1) is 32.4. The van der Waals surface area contributed by atoms with Gasteiger partial charge in [0.25, 0.3) is 0 Å². The lowest BCUT2D eigenvalue weighted by atomic mass is 9.64. The van der Waals surface area contributed by atoms with Crippen LogP contribution in [0.1, 0.15) is 44.9 Å². The van der Waals surface area contributed by atoms with E-state index in [4.69, 9.17) is 28.8 Å². The van der Waals surface area contributed by atoms with Crippen LogP contribution in [0.4, 0.5) is 0 Å². The smallest absolute Gasteiger partial charge is 0.332 e. The molecule has 0 amide bonds. The molecule has 5 fully saturated rings. The van der Waals surface area contributed by atoms with Crippen molar-refractivity contribution in [1.29, 1.82) is 0 Å². The summed E-state index contributed by atoms with van der Waals surface area (Å²) >= 11 is 0. The summed E-state index contributed by atoms with van der Waals surface area (Å²) in [6.45, 7) is -0.648. The number of carboxylic acids is 2. The number of carboxylic acid groups (broad SMARTS) is 2. The van der Waals surface area contributed by atoms with E-state index < -0.39 is 116 Å². The number of ether oxygens (including phenoxy) is 5. The van der Waals surface area contributed by atoms with Crippen molar-refractivity contribution in [2.45, 2.75) is 124 Å². The highest BCUT2D eigenvalue weighted by Crippen LogP contribution is 2.50. The lowest BCUT2D eigenvalue weighted by Crippen LogP contribution is -2.68. The minimum atomic E-state index is -1.81. The van der Waals surface area contributed by atoms with Gasteiger partial charge in [-0.05, 0) is 25.7 Å². The predicted octanol–water partition coefficient (Wildman–Crippen LogP) is -3.37. The van der Waals surface area contributed by atoms with Gasteiger partial charge in [0.2, 0.25) is 0 Å². The summed E-state index contributed by atoms with van der Waals surface area (Å²) in [5.74, 6) is -4.91. The summed E-state index contributed by atoms with van der Waals surface area (Å²) in [5.41, 5.74) is 0. The Morgan fingerprint density at radius 2 is 1.58 bits per heavy atom. The van der Waals surface area contributed by atoms with Gasteiger partial charge in [0.1, 0.15) is 43.5 Å². The fraction of sp³-hybridized carbons (Fsp3) is 0.889. The van der Waals surface area contributed by atoms with Crippen molar-refractivity contribution in [2.75, 3.05) is 6.61 Å². The molecule has 5 aliphatic rings. The van der Waals surface area contributed by atoms with E-state index in [0.29, 0.717) is 12.8 Å². The van der Waals surface area contributed by atoms with Crippen molar-refractivity contribution >= 4 is 17.9 Å². The molecule has 16 nitrogen and oxygen atoms in total. The molecule has 3 aliphatic heterocycles. The number of hydrogen-bond acceptors (Lipinski definition) is 13. The van der Waals surface area contributed by atoms with Crippen LogP contribution in [0.3, 0.4) is 0 Å². The molecule has 0 aromatic heterocycles. The number of carbonyl (C=O) groups excluding carboxylic acids is 1. The Kier molecular flexibility index (Phi) is 9.92. The first-order valence-corrected chi connectivity index (χ1v) is 14.7. The van der Waals surface area contributed by atoms with Gasteiger partial charge >= 0.3 is 17.9 Å². The number of aliphatic hydroxyl groups excluding tert-OH is 6. The molecule has 2 saturated carbocycles. The zero-order valence-corrected chi connectivity index (χ0v) is 23.3. The van der Waals surface area contributed by atoms with Gasteiger partial charge in [-0.25, -0.2) is 4.79 Å². The maximum Gasteiger partial charge on any atom is 0.332 e. The fourth-order valence-electron chi connectivity index (χ4n) is 7.53. The molecule has 43 heavy (non-hydrogen) atoms. The molecule has 244 valence electrons. The number of esters is 1. The summed E-state index contributed by atoms with van der Waals surface area (Å²) < 4.78 is 27.9. The van der Waals surface area contributed by atoms with Crippen LogP contribution in [-0.2, 0) is 33.3 Å². The largest absolute Gasteiger partial charge is 0.481 e. The van der Waals surface area contributed by atoms with Crippen LogP contribution < -0.4 is 0 Å². The Morgan fingerprint density at radius 3 is 2.26 bits per heavy atom. The predicted molar refractivity (Wildman–Crippen MR) is 137 cm³/mol. The second-order valence-electron chi connectivity index (χ2n) is 12.4. The molecule has 16 atom stereocenters. The third-order valence-corrected chi connectivity index (χ3v) is 9.58. The van der Waals surface area contributed by atoms with E-state index >= 15 is 0 Å². The number of aliphatic hydroxyl groups is 8. The molecule has 0 aromatic carbocycles. The van der Waals surface area contributed by atoms with E-state index in [1.165, 1.54) is 0 Å². The van der Waals surface area contributed by atoms with Crippen molar-refractivity contribution < 1.29 is 78.9 Å². The van der Waals surface area contributed by atoms with Crippen LogP contribution in [0, 0.1) is 17.8 Å². The molecule has 0 radical (unpaired) electrons. The second kappa shape index (κ2) is 13.2. The SMILES string of the molecule is O=C(O)CC(=O)OC[C@H]1O[C@@H](OC2C3CC(C(=O)O)OC4CC(O)CC([OH+]C2C2CCC(O)C(O)C2)C43)[C@H](O)[C@@H](O)[C@@H]1O. The monoisotopic (exact) mass is 621 g/mol. The van der Waals surface area contributed by atoms with E-state index in [1.54, 1.807) is 0 Å². The van der Waals surface area contributed by atoms with Crippen LogP contribution in [0.5, 0.6) is 0 Å². The summed E-state index contributed by atoms with van der Waals surface area (Å²) in [4.78, 5) is 34.6. The lowest BCUT2D eigenvalue weighted by Gasteiger charge is -2.55. The van der Waals surface area contributed by atoms with E-state index in [1.807, 2.05) is 0 Å². The van der Waals surface area contributed by atoms with Crippen LogP contribution in [0.2, 0.25) is 0 Å². The van der Waals surface area contributed by atoms with Gasteiger partial charge in [0.15, 0.2) is 24.6 Å². The fourth-order valence-corrected chi connectivity index (χ4v) is 7.53. The van der Waals surface area contributed by atoms with Crippen molar-refractivity contribution in [1.82, 2.24) is 0 Å². The van der Waals surface area contributed by atoms with Crippen LogP contribution in [-0.4, -0.2) is 150 Å². The molecule has 16 heteroatoms. The van der Waals surface area contributed by atoms with Gasteiger partial charge in [-0.1, -0.05) is 0 Å². The summed E-state index contributed by atoms with van der Waals surface area (Å²) in [6.07, 6.45) is -14.4. The highest BCUT2D eigenvalue weighted by molar-refractivity contribution is 5.90. The Balaban J connectivity index is 1.42. The first-order valence-electron chi connectivity index (χ1n) is 14.7. The van der Waals surface area contributed by atoms with E-state index in [-0.39, 0.29) is 37.5 Å². The Labute approximate surface area is 246 Å². The van der Waals surface area contributed by atoms with Crippen molar-refractivity contribution in [3.8, 4) is 0 Å². The van der Waals surface area contributed by atoms with Crippen LogP contribution >= 0.6 is 0 Å². The Hall–Kier alpha value is -1.99. The molecule has 3 heterocycles. The summed E-state index contributed by atoms with van der Waals surface area (Å²) in [7, 11) is 0. The molecule has 0 bridgehead atoms. The Morgan fingerprint density at radius 1 is 0.837 bits per heavy atom. The molecule has 3 saturated heterocycles. The molecular weight excluding hydrogens is 580 g/mol. The lowest BCUT2D eigenvalue weighted by molar-refractivity contribution is -0.379. The molecule has 2 aliphatic carbocycles. The van der Waals surface area contributed by atoms with Gasteiger partial charge in [0, 0.05) is 24.7 Å². The quantitative estimate of drug-likeness (QED) is 0.0747. The van der Waals surface area contributed by atoms with Gasteiger partial charge in [0.05, 0.1) is 30.3 Å². The van der Waals surface area contributed by atoms with Crippen molar-refractivity contribution in [2.24, 2.45) is 17.8 Å². The molecular formula is C27H41O16+. The van der Waals surface area contributed by atoms with Gasteiger partial charge in [-0.15, -0.1) is 0 Å². The van der Waals surface area contributed by atoms with Crippen LogP contribution in [0.15, 0.2) is 0 Å².